The summed E-state index contributed by atoms with van der Waals surface area (Å²) in [5.74, 6) is -0.745. The van der Waals surface area contributed by atoms with Gasteiger partial charge in [0.25, 0.3) is 0 Å². The van der Waals surface area contributed by atoms with Crippen molar-refractivity contribution in [2.75, 3.05) is 6.61 Å². The minimum atomic E-state index is -0.745. The Balaban J connectivity index is 0.000000347. The lowest BCUT2D eigenvalue weighted by Crippen LogP contribution is -2.00. The fourth-order valence-corrected chi connectivity index (χ4v) is 1.69. The fourth-order valence-electron chi connectivity index (χ4n) is 1.69. The minimum Gasteiger partial charge on any atom is -0.481 e. The number of carbonyl (C=O) groups is 1. The van der Waals surface area contributed by atoms with Crippen LogP contribution in [0.15, 0.2) is 30.5 Å². The maximum Gasteiger partial charge on any atom is 0.303 e. The first-order chi connectivity index (χ1) is 9.63. The smallest absolute Gasteiger partial charge is 0.303 e. The number of aromatic nitrogens is 1. The van der Waals surface area contributed by atoms with Gasteiger partial charge in [0.1, 0.15) is 6.73 Å². The molecular weight excluding hydrogens is 256 g/mol. The molecule has 0 atom stereocenters. The summed E-state index contributed by atoms with van der Waals surface area (Å²) in [5.41, 5.74) is 2.05. The molecule has 1 aromatic carbocycles. The zero-order valence-corrected chi connectivity index (χ0v) is 11.8. The standard InChI is InChI=1S/C12H14N2O.C3H6O2/c1-2-15-9-14-8-10(7-13)11-5-3-4-6-12(11)14;1-2-3(4)5/h3-8,13H,2,9H2,1H3;2H2,1H3,(H,4,5). The maximum absolute atomic E-state index is 9.37. The predicted octanol–water partition coefficient (Wildman–Crippen LogP) is 3.11. The summed E-state index contributed by atoms with van der Waals surface area (Å²) >= 11 is 0. The number of ether oxygens (including phenoxy) is 1. The van der Waals surface area contributed by atoms with E-state index in [0.29, 0.717) is 13.3 Å². The number of hydrogen-bond donors (Lipinski definition) is 2. The number of nitrogens with zero attached hydrogens (tertiary/aromatic N) is 1. The highest BCUT2D eigenvalue weighted by atomic mass is 16.5. The zero-order valence-electron chi connectivity index (χ0n) is 11.8. The van der Waals surface area contributed by atoms with Crippen molar-refractivity contribution < 1.29 is 14.6 Å². The Morgan fingerprint density at radius 1 is 1.40 bits per heavy atom. The second-order valence-electron chi connectivity index (χ2n) is 4.08. The molecule has 2 N–H and O–H groups in total. The Morgan fingerprint density at radius 3 is 2.60 bits per heavy atom. The number of para-hydroxylation sites is 1. The topological polar surface area (TPSA) is 75.3 Å². The van der Waals surface area contributed by atoms with Crippen LogP contribution in [0.3, 0.4) is 0 Å². The Kier molecular flexibility index (Phi) is 6.46. The van der Waals surface area contributed by atoms with E-state index in [1.165, 1.54) is 6.21 Å². The zero-order chi connectivity index (χ0) is 15.0. The maximum atomic E-state index is 9.37. The van der Waals surface area contributed by atoms with Crippen LogP contribution in [-0.4, -0.2) is 28.5 Å². The highest BCUT2D eigenvalue weighted by molar-refractivity contribution is 5.98. The monoisotopic (exact) mass is 276 g/mol. The molecule has 0 radical (unpaired) electrons. The van der Waals surface area contributed by atoms with Crippen LogP contribution in [0.4, 0.5) is 0 Å². The molecule has 0 aliphatic carbocycles. The van der Waals surface area contributed by atoms with Crippen LogP contribution < -0.4 is 0 Å². The van der Waals surface area contributed by atoms with Crippen molar-refractivity contribution in [1.82, 2.24) is 4.57 Å². The van der Waals surface area contributed by atoms with Gasteiger partial charge in [0.05, 0.1) is 5.52 Å². The van der Waals surface area contributed by atoms with Crippen LogP contribution in [0, 0.1) is 5.41 Å². The van der Waals surface area contributed by atoms with E-state index < -0.39 is 5.97 Å². The van der Waals surface area contributed by atoms with Gasteiger partial charge in [-0.25, -0.2) is 0 Å². The van der Waals surface area contributed by atoms with Gasteiger partial charge in [-0.3, -0.25) is 4.79 Å². The molecule has 0 aliphatic rings. The summed E-state index contributed by atoms with van der Waals surface area (Å²) in [6, 6.07) is 8.05. The molecule has 1 aromatic heterocycles. The molecule has 1 heterocycles. The third-order valence-electron chi connectivity index (χ3n) is 2.71. The van der Waals surface area contributed by atoms with E-state index in [1.807, 2.05) is 42.0 Å². The van der Waals surface area contributed by atoms with Crippen molar-refractivity contribution in [2.24, 2.45) is 0 Å². The average molecular weight is 276 g/mol. The second kappa shape index (κ2) is 8.12. The summed E-state index contributed by atoms with van der Waals surface area (Å²) in [7, 11) is 0. The van der Waals surface area contributed by atoms with Crippen molar-refractivity contribution >= 4 is 23.1 Å². The number of nitrogens with one attached hydrogen (secondary N) is 1. The summed E-state index contributed by atoms with van der Waals surface area (Å²) in [5, 5.41) is 16.2. The van der Waals surface area contributed by atoms with Crippen molar-refractivity contribution in [2.45, 2.75) is 27.0 Å². The number of fused-ring (bicyclic) bond motifs is 1. The molecule has 2 aromatic rings. The lowest BCUT2D eigenvalue weighted by atomic mass is 10.2. The molecule has 2 rings (SSSR count). The first kappa shape index (κ1) is 15.9. The summed E-state index contributed by atoms with van der Waals surface area (Å²) in [4.78, 5) is 9.37. The highest BCUT2D eigenvalue weighted by Crippen LogP contribution is 2.19. The number of carboxylic acids is 1. The van der Waals surface area contributed by atoms with Crippen LogP contribution in [0.5, 0.6) is 0 Å². The average Bonchev–Trinajstić information content (AvgIpc) is 2.84. The van der Waals surface area contributed by atoms with Crippen molar-refractivity contribution in [3.8, 4) is 0 Å². The van der Waals surface area contributed by atoms with Gasteiger partial charge in [-0.05, 0) is 13.0 Å². The first-order valence-corrected chi connectivity index (χ1v) is 6.51. The molecule has 0 saturated carbocycles. The second-order valence-corrected chi connectivity index (χ2v) is 4.08. The van der Waals surface area contributed by atoms with Crippen LogP contribution in [0.2, 0.25) is 0 Å². The van der Waals surface area contributed by atoms with Crippen molar-refractivity contribution in [3.05, 3.63) is 36.0 Å². The number of rotatable bonds is 5. The number of benzene rings is 1. The normalized spacial score (nSPS) is 9.90. The Bertz CT molecular complexity index is 576. The molecule has 0 bridgehead atoms. The minimum absolute atomic E-state index is 0.222. The van der Waals surface area contributed by atoms with Gasteiger partial charge in [-0.1, -0.05) is 25.1 Å². The quantitative estimate of drug-likeness (QED) is 0.824. The number of hydrogen-bond acceptors (Lipinski definition) is 3. The molecule has 0 unspecified atom stereocenters. The molecule has 5 heteroatoms. The highest BCUT2D eigenvalue weighted by Gasteiger charge is 2.05. The van der Waals surface area contributed by atoms with E-state index in [-0.39, 0.29) is 6.42 Å². The van der Waals surface area contributed by atoms with Gasteiger partial charge in [0.2, 0.25) is 0 Å². The van der Waals surface area contributed by atoms with E-state index in [1.54, 1.807) is 6.92 Å². The largest absolute Gasteiger partial charge is 0.481 e. The van der Waals surface area contributed by atoms with Gasteiger partial charge in [0.15, 0.2) is 0 Å². The van der Waals surface area contributed by atoms with Crippen molar-refractivity contribution in [3.63, 3.8) is 0 Å². The molecule has 20 heavy (non-hydrogen) atoms. The predicted molar refractivity (Wildman–Crippen MR) is 79.4 cm³/mol. The number of carboxylic acid groups (broad SMARTS) is 1. The molecular formula is C15H20N2O3. The van der Waals surface area contributed by atoms with Crippen LogP contribution in [-0.2, 0) is 16.3 Å². The van der Waals surface area contributed by atoms with E-state index >= 15 is 0 Å². The van der Waals surface area contributed by atoms with E-state index in [0.717, 1.165) is 16.5 Å². The lowest BCUT2D eigenvalue weighted by Gasteiger charge is -2.04. The van der Waals surface area contributed by atoms with Crippen LogP contribution in [0.1, 0.15) is 25.8 Å². The van der Waals surface area contributed by atoms with E-state index in [4.69, 9.17) is 15.3 Å². The Labute approximate surface area is 118 Å². The third-order valence-corrected chi connectivity index (χ3v) is 2.71. The SMILES string of the molecule is CCC(=O)O.CCOCn1cc(C=N)c2ccccc21. The van der Waals surface area contributed by atoms with E-state index in [2.05, 4.69) is 0 Å². The number of aliphatic carboxylic acids is 1. The molecule has 0 fully saturated rings. The van der Waals surface area contributed by atoms with Crippen LogP contribution in [0.25, 0.3) is 10.9 Å². The fraction of sp³-hybridized carbons (Fsp3) is 0.333. The Morgan fingerprint density at radius 2 is 2.05 bits per heavy atom. The van der Waals surface area contributed by atoms with Gasteiger partial charge in [0, 0.05) is 36.4 Å². The van der Waals surface area contributed by atoms with Gasteiger partial charge >= 0.3 is 5.97 Å². The first-order valence-electron chi connectivity index (χ1n) is 6.51. The van der Waals surface area contributed by atoms with Crippen molar-refractivity contribution in [1.29, 1.82) is 5.41 Å². The molecule has 0 amide bonds. The molecule has 0 aliphatic heterocycles. The molecule has 0 spiro atoms. The van der Waals surface area contributed by atoms with E-state index in [9.17, 15) is 4.79 Å². The third kappa shape index (κ3) is 4.20. The van der Waals surface area contributed by atoms with Gasteiger partial charge in [-0.2, -0.15) is 0 Å². The Hall–Kier alpha value is -2.14. The summed E-state index contributed by atoms with van der Waals surface area (Å²) < 4.78 is 7.40. The molecule has 0 saturated heterocycles. The lowest BCUT2D eigenvalue weighted by molar-refractivity contribution is -0.136. The van der Waals surface area contributed by atoms with Gasteiger partial charge < -0.3 is 19.8 Å². The summed E-state index contributed by atoms with van der Waals surface area (Å²) in [6.07, 6.45) is 3.55. The molecule has 5 nitrogen and oxygen atoms in total. The van der Waals surface area contributed by atoms with Gasteiger partial charge in [-0.15, -0.1) is 0 Å². The molecule has 108 valence electrons. The summed E-state index contributed by atoms with van der Waals surface area (Å²) in [6.45, 7) is 4.82. The van der Waals surface area contributed by atoms with Crippen LogP contribution >= 0.6 is 0 Å².